The molecule has 0 saturated heterocycles. The molecule has 0 spiro atoms. The van der Waals surface area contributed by atoms with E-state index in [0.717, 1.165) is 22.0 Å². The van der Waals surface area contributed by atoms with Crippen LogP contribution >= 0.6 is 22.6 Å². The zero-order valence-electron chi connectivity index (χ0n) is 8.46. The van der Waals surface area contributed by atoms with Gasteiger partial charge in [-0.25, -0.2) is 0 Å². The van der Waals surface area contributed by atoms with Crippen LogP contribution in [0, 0.1) is 3.57 Å². The van der Waals surface area contributed by atoms with Gasteiger partial charge in [0.2, 0.25) is 0 Å². The van der Waals surface area contributed by atoms with E-state index in [-0.39, 0.29) is 0 Å². The Morgan fingerprint density at radius 1 is 1.64 bits per heavy atom. The molecule has 0 bridgehead atoms. The fraction of sp³-hybridized carbons (Fsp3) is 0.455. The van der Waals surface area contributed by atoms with E-state index in [2.05, 4.69) is 35.6 Å². The molecule has 3 heteroatoms. The first-order chi connectivity index (χ1) is 6.65. The van der Waals surface area contributed by atoms with Gasteiger partial charge in [-0.2, -0.15) is 0 Å². The lowest BCUT2D eigenvalue weighted by Gasteiger charge is -2.08. The lowest BCUT2D eigenvalue weighted by Crippen LogP contribution is -1.97. The summed E-state index contributed by atoms with van der Waals surface area (Å²) in [6.45, 7) is 4.09. The van der Waals surface area contributed by atoms with Crippen molar-refractivity contribution in [3.8, 4) is 0 Å². The summed E-state index contributed by atoms with van der Waals surface area (Å²) in [6, 6.07) is 0. The smallest absolute Gasteiger partial charge is 0.104 e. The Hall–Kier alpha value is -0.290. The van der Waals surface area contributed by atoms with Crippen LogP contribution in [-0.4, -0.2) is 5.11 Å². The second-order valence-corrected chi connectivity index (χ2v) is 4.53. The summed E-state index contributed by atoms with van der Waals surface area (Å²) >= 11 is 2.17. The minimum Gasteiger partial charge on any atom is -0.471 e. The SMILES string of the molecule is C/C=C(\C)CC[C@@H](O)c1cocc1I. The van der Waals surface area contributed by atoms with Crippen LogP contribution in [0.5, 0.6) is 0 Å². The Morgan fingerprint density at radius 3 is 2.86 bits per heavy atom. The molecule has 0 aliphatic rings. The quantitative estimate of drug-likeness (QED) is 0.680. The first-order valence-electron chi connectivity index (χ1n) is 4.66. The Labute approximate surface area is 98.1 Å². The molecule has 1 N–H and O–H groups in total. The second-order valence-electron chi connectivity index (χ2n) is 3.36. The molecule has 1 rings (SSSR count). The molecule has 0 amide bonds. The number of furan rings is 1. The summed E-state index contributed by atoms with van der Waals surface area (Å²) in [5.41, 5.74) is 2.21. The Bertz CT molecular complexity index is 315. The van der Waals surface area contributed by atoms with Crippen molar-refractivity contribution >= 4 is 22.6 Å². The lowest BCUT2D eigenvalue weighted by atomic mass is 10.0. The predicted octanol–water partition coefficient (Wildman–Crippen LogP) is 3.66. The molecule has 1 heterocycles. The molecule has 0 radical (unpaired) electrons. The van der Waals surface area contributed by atoms with E-state index in [4.69, 9.17) is 4.42 Å². The van der Waals surface area contributed by atoms with E-state index in [1.54, 1.807) is 12.5 Å². The first kappa shape index (κ1) is 11.8. The summed E-state index contributed by atoms with van der Waals surface area (Å²) in [5, 5.41) is 9.84. The average Bonchev–Trinajstić information content (AvgIpc) is 2.60. The monoisotopic (exact) mass is 306 g/mol. The van der Waals surface area contributed by atoms with E-state index < -0.39 is 6.10 Å². The molecular weight excluding hydrogens is 291 g/mol. The van der Waals surface area contributed by atoms with Gasteiger partial charge in [0.1, 0.15) is 6.26 Å². The molecule has 0 unspecified atom stereocenters. The molecule has 0 aromatic carbocycles. The van der Waals surface area contributed by atoms with Gasteiger partial charge in [0, 0.05) is 5.56 Å². The van der Waals surface area contributed by atoms with Crippen LogP contribution in [0.2, 0.25) is 0 Å². The highest BCUT2D eigenvalue weighted by molar-refractivity contribution is 14.1. The minimum atomic E-state index is -0.407. The minimum absolute atomic E-state index is 0.407. The molecule has 1 atom stereocenters. The summed E-state index contributed by atoms with van der Waals surface area (Å²) in [5.74, 6) is 0. The summed E-state index contributed by atoms with van der Waals surface area (Å²) in [4.78, 5) is 0. The number of hydrogen-bond donors (Lipinski definition) is 1. The fourth-order valence-electron chi connectivity index (χ4n) is 1.19. The van der Waals surface area contributed by atoms with Gasteiger partial charge < -0.3 is 9.52 Å². The van der Waals surface area contributed by atoms with Crippen molar-refractivity contribution < 1.29 is 9.52 Å². The number of rotatable bonds is 4. The molecule has 1 aromatic heterocycles. The highest BCUT2D eigenvalue weighted by Gasteiger charge is 2.12. The van der Waals surface area contributed by atoms with Gasteiger partial charge in [-0.3, -0.25) is 0 Å². The Balaban J connectivity index is 2.51. The average molecular weight is 306 g/mol. The topological polar surface area (TPSA) is 33.4 Å². The van der Waals surface area contributed by atoms with Gasteiger partial charge in [-0.1, -0.05) is 11.6 Å². The lowest BCUT2D eigenvalue weighted by molar-refractivity contribution is 0.166. The zero-order chi connectivity index (χ0) is 10.6. The standard InChI is InChI=1S/C11H15IO2/c1-3-8(2)4-5-11(13)9-6-14-7-10(9)12/h3,6-7,11,13H,4-5H2,1-2H3/b8-3+/t11-/m1/s1. The molecule has 1 aromatic rings. The molecule has 0 fully saturated rings. The van der Waals surface area contributed by atoms with E-state index in [1.807, 2.05) is 6.92 Å². The number of halogens is 1. The molecule has 0 aliphatic heterocycles. The van der Waals surface area contributed by atoms with Crippen LogP contribution in [0.3, 0.4) is 0 Å². The number of aliphatic hydroxyl groups excluding tert-OH is 1. The highest BCUT2D eigenvalue weighted by atomic mass is 127. The predicted molar refractivity (Wildman–Crippen MR) is 65.0 cm³/mol. The molecule has 0 aliphatic carbocycles. The third kappa shape index (κ3) is 3.13. The molecule has 14 heavy (non-hydrogen) atoms. The number of hydrogen-bond acceptors (Lipinski definition) is 2. The van der Waals surface area contributed by atoms with Gasteiger partial charge in [-0.15, -0.1) is 0 Å². The van der Waals surface area contributed by atoms with Crippen molar-refractivity contribution in [1.82, 2.24) is 0 Å². The van der Waals surface area contributed by atoms with Gasteiger partial charge in [0.05, 0.1) is 15.9 Å². The van der Waals surface area contributed by atoms with Crippen molar-refractivity contribution in [2.75, 3.05) is 0 Å². The van der Waals surface area contributed by atoms with Crippen molar-refractivity contribution in [3.05, 3.63) is 33.3 Å². The summed E-state index contributed by atoms with van der Waals surface area (Å²) in [7, 11) is 0. The van der Waals surface area contributed by atoms with Crippen molar-refractivity contribution in [2.45, 2.75) is 32.8 Å². The van der Waals surface area contributed by atoms with Crippen LogP contribution in [-0.2, 0) is 0 Å². The maximum Gasteiger partial charge on any atom is 0.104 e. The first-order valence-corrected chi connectivity index (χ1v) is 5.74. The van der Waals surface area contributed by atoms with Gasteiger partial charge in [-0.05, 0) is 49.3 Å². The number of aliphatic hydroxyl groups is 1. The Kier molecular flexibility index (Phi) is 4.68. The van der Waals surface area contributed by atoms with Crippen LogP contribution in [0.25, 0.3) is 0 Å². The Morgan fingerprint density at radius 2 is 2.36 bits per heavy atom. The van der Waals surface area contributed by atoms with Crippen LogP contribution in [0.1, 0.15) is 38.4 Å². The second kappa shape index (κ2) is 5.56. The summed E-state index contributed by atoms with van der Waals surface area (Å²) < 4.78 is 6.01. The van der Waals surface area contributed by atoms with E-state index >= 15 is 0 Å². The summed E-state index contributed by atoms with van der Waals surface area (Å²) in [6.07, 6.45) is 6.63. The maximum atomic E-state index is 9.84. The largest absolute Gasteiger partial charge is 0.471 e. The molecule has 0 saturated carbocycles. The van der Waals surface area contributed by atoms with Crippen LogP contribution < -0.4 is 0 Å². The molecule has 78 valence electrons. The normalized spacial score (nSPS) is 14.4. The van der Waals surface area contributed by atoms with Crippen molar-refractivity contribution in [2.24, 2.45) is 0 Å². The van der Waals surface area contributed by atoms with Crippen LogP contribution in [0.4, 0.5) is 0 Å². The van der Waals surface area contributed by atoms with E-state index in [0.29, 0.717) is 0 Å². The third-order valence-corrected chi connectivity index (χ3v) is 3.18. The fourth-order valence-corrected chi connectivity index (χ4v) is 1.83. The van der Waals surface area contributed by atoms with Crippen molar-refractivity contribution in [1.29, 1.82) is 0 Å². The van der Waals surface area contributed by atoms with Crippen molar-refractivity contribution in [3.63, 3.8) is 0 Å². The number of allylic oxidation sites excluding steroid dienone is 2. The van der Waals surface area contributed by atoms with E-state index in [1.165, 1.54) is 5.57 Å². The maximum absolute atomic E-state index is 9.84. The van der Waals surface area contributed by atoms with Gasteiger partial charge in [0.25, 0.3) is 0 Å². The third-order valence-electron chi connectivity index (χ3n) is 2.31. The van der Waals surface area contributed by atoms with Gasteiger partial charge >= 0.3 is 0 Å². The van der Waals surface area contributed by atoms with Gasteiger partial charge in [0.15, 0.2) is 0 Å². The highest BCUT2D eigenvalue weighted by Crippen LogP contribution is 2.25. The zero-order valence-corrected chi connectivity index (χ0v) is 10.6. The molecular formula is C11H15IO2. The molecule has 2 nitrogen and oxygen atoms in total. The van der Waals surface area contributed by atoms with E-state index in [9.17, 15) is 5.11 Å². The van der Waals surface area contributed by atoms with Crippen LogP contribution in [0.15, 0.2) is 28.6 Å².